The maximum Gasteiger partial charge on any atom is 0.264 e. The molecule has 11 heteroatoms. The number of nitrogens with zero attached hydrogens (tertiary/aromatic N) is 2. The summed E-state index contributed by atoms with van der Waals surface area (Å²) in [5.74, 6) is -0.795. The highest BCUT2D eigenvalue weighted by molar-refractivity contribution is 7.92. The summed E-state index contributed by atoms with van der Waals surface area (Å²) in [5.41, 5.74) is 1.69. The van der Waals surface area contributed by atoms with E-state index in [4.69, 9.17) is 34.8 Å². The molecule has 1 atom stereocenters. The largest absolute Gasteiger partial charge is 0.352 e. The van der Waals surface area contributed by atoms with Crippen molar-refractivity contribution in [3.8, 4) is 0 Å². The Labute approximate surface area is 262 Å². The molecule has 3 aromatic rings. The van der Waals surface area contributed by atoms with E-state index in [0.717, 1.165) is 30.0 Å². The van der Waals surface area contributed by atoms with Crippen LogP contribution in [0.15, 0.2) is 71.6 Å². The van der Waals surface area contributed by atoms with Crippen molar-refractivity contribution in [3.63, 3.8) is 0 Å². The number of para-hydroxylation sites is 1. The quantitative estimate of drug-likeness (QED) is 0.242. The lowest BCUT2D eigenvalue weighted by atomic mass is 10.1. The summed E-state index contributed by atoms with van der Waals surface area (Å²) >= 11 is 18.4. The third-order valence-corrected chi connectivity index (χ3v) is 10.3. The smallest absolute Gasteiger partial charge is 0.264 e. The first kappa shape index (κ1) is 32.1. The Morgan fingerprint density at radius 3 is 2.24 bits per heavy atom. The number of aryl methyl sites for hydroxylation is 1. The normalized spacial score (nSPS) is 14.4. The van der Waals surface area contributed by atoms with E-state index in [1.807, 2.05) is 6.92 Å². The van der Waals surface area contributed by atoms with Crippen LogP contribution in [0.1, 0.15) is 50.2 Å². The van der Waals surface area contributed by atoms with Crippen molar-refractivity contribution in [1.29, 1.82) is 0 Å². The highest BCUT2D eigenvalue weighted by atomic mass is 35.5. The van der Waals surface area contributed by atoms with E-state index in [2.05, 4.69) is 5.32 Å². The van der Waals surface area contributed by atoms with Gasteiger partial charge in [-0.15, -0.1) is 0 Å². The van der Waals surface area contributed by atoms with Crippen LogP contribution in [0.5, 0.6) is 0 Å². The van der Waals surface area contributed by atoms with Crippen molar-refractivity contribution >= 4 is 62.3 Å². The zero-order chi connectivity index (χ0) is 30.4. The van der Waals surface area contributed by atoms with Gasteiger partial charge in [-0.1, -0.05) is 78.8 Å². The van der Waals surface area contributed by atoms with Gasteiger partial charge in [-0.25, -0.2) is 8.42 Å². The Kier molecular flexibility index (Phi) is 10.8. The number of amides is 2. The van der Waals surface area contributed by atoms with E-state index in [0.29, 0.717) is 38.3 Å². The van der Waals surface area contributed by atoms with Crippen LogP contribution < -0.4 is 9.62 Å². The Morgan fingerprint density at radius 2 is 1.62 bits per heavy atom. The van der Waals surface area contributed by atoms with Crippen LogP contribution in [-0.2, 0) is 26.2 Å². The highest BCUT2D eigenvalue weighted by Crippen LogP contribution is 2.29. The molecule has 1 N–H and O–H groups in total. The van der Waals surface area contributed by atoms with E-state index in [1.54, 1.807) is 49.4 Å². The molecule has 224 valence electrons. The molecule has 0 spiro atoms. The van der Waals surface area contributed by atoms with Gasteiger partial charge in [0, 0.05) is 17.6 Å². The van der Waals surface area contributed by atoms with Crippen LogP contribution in [0, 0.1) is 6.92 Å². The van der Waals surface area contributed by atoms with Crippen molar-refractivity contribution in [2.75, 3.05) is 10.8 Å². The van der Waals surface area contributed by atoms with E-state index >= 15 is 0 Å². The highest BCUT2D eigenvalue weighted by Gasteiger charge is 2.35. The van der Waals surface area contributed by atoms with Crippen LogP contribution in [0.4, 0.5) is 5.69 Å². The zero-order valence-corrected chi connectivity index (χ0v) is 26.6. The molecule has 4 rings (SSSR count). The number of halogens is 3. The van der Waals surface area contributed by atoms with Gasteiger partial charge in [0.25, 0.3) is 10.0 Å². The molecular weight excluding hydrogens is 617 g/mol. The Balaban J connectivity index is 1.73. The van der Waals surface area contributed by atoms with Crippen molar-refractivity contribution in [1.82, 2.24) is 10.2 Å². The van der Waals surface area contributed by atoms with Gasteiger partial charge in [-0.2, -0.15) is 0 Å². The number of anilines is 1. The first-order valence-electron chi connectivity index (χ1n) is 13.9. The fourth-order valence-electron chi connectivity index (χ4n) is 5.21. The molecule has 1 fully saturated rings. The Morgan fingerprint density at radius 1 is 0.952 bits per heavy atom. The summed E-state index contributed by atoms with van der Waals surface area (Å²) in [4.78, 5) is 29.2. The van der Waals surface area contributed by atoms with Gasteiger partial charge in [0.2, 0.25) is 11.8 Å². The van der Waals surface area contributed by atoms with Gasteiger partial charge in [0.05, 0.1) is 20.6 Å². The first-order chi connectivity index (χ1) is 20.0. The third-order valence-electron chi connectivity index (χ3n) is 7.49. The fourth-order valence-corrected chi connectivity index (χ4v) is 7.14. The Bertz CT molecular complexity index is 1530. The lowest BCUT2D eigenvalue weighted by Gasteiger charge is -2.34. The first-order valence-corrected chi connectivity index (χ1v) is 16.5. The minimum atomic E-state index is -4.19. The van der Waals surface area contributed by atoms with Crippen LogP contribution in [0.3, 0.4) is 0 Å². The summed E-state index contributed by atoms with van der Waals surface area (Å²) in [6, 6.07) is 17.0. The van der Waals surface area contributed by atoms with Crippen molar-refractivity contribution in [2.45, 2.75) is 69.5 Å². The van der Waals surface area contributed by atoms with E-state index in [-0.39, 0.29) is 23.4 Å². The molecule has 7 nitrogen and oxygen atoms in total. The number of carbonyl (C=O) groups excluding carboxylic acids is 2. The molecule has 0 aromatic heterocycles. The van der Waals surface area contributed by atoms with E-state index in [9.17, 15) is 18.0 Å². The van der Waals surface area contributed by atoms with Gasteiger partial charge < -0.3 is 10.2 Å². The van der Waals surface area contributed by atoms with E-state index < -0.39 is 28.5 Å². The van der Waals surface area contributed by atoms with Crippen molar-refractivity contribution in [3.05, 3.63) is 92.9 Å². The predicted molar refractivity (Wildman–Crippen MR) is 169 cm³/mol. The molecule has 0 aliphatic heterocycles. The molecule has 1 saturated carbocycles. The molecule has 0 bridgehead atoms. The molecule has 42 heavy (non-hydrogen) atoms. The fraction of sp³-hybridized carbons (Fsp3) is 0.355. The van der Waals surface area contributed by atoms with Crippen LogP contribution >= 0.6 is 34.8 Å². The van der Waals surface area contributed by atoms with Gasteiger partial charge in [-0.3, -0.25) is 13.9 Å². The van der Waals surface area contributed by atoms with E-state index in [1.165, 1.54) is 29.2 Å². The topological polar surface area (TPSA) is 86.8 Å². The molecular formula is C31H34Cl3N3O4S. The average molecular weight is 651 g/mol. The minimum Gasteiger partial charge on any atom is -0.352 e. The number of nitrogens with one attached hydrogen (secondary N) is 1. The van der Waals surface area contributed by atoms with Crippen LogP contribution in [0.2, 0.25) is 15.1 Å². The average Bonchev–Trinajstić information content (AvgIpc) is 3.47. The molecule has 1 aliphatic carbocycles. The lowest BCUT2D eigenvalue weighted by Crippen LogP contribution is -2.53. The summed E-state index contributed by atoms with van der Waals surface area (Å²) < 4.78 is 29.1. The molecule has 0 radical (unpaired) electrons. The third kappa shape index (κ3) is 7.59. The van der Waals surface area contributed by atoms with Crippen LogP contribution in [0.25, 0.3) is 0 Å². The second kappa shape index (κ2) is 14.1. The lowest BCUT2D eigenvalue weighted by molar-refractivity contribution is -0.140. The van der Waals surface area contributed by atoms with Crippen molar-refractivity contribution in [2.24, 2.45) is 0 Å². The molecule has 1 unspecified atom stereocenters. The molecule has 3 aromatic carbocycles. The molecule has 0 heterocycles. The Hall–Kier alpha value is -2.78. The number of sulfonamides is 1. The van der Waals surface area contributed by atoms with Gasteiger partial charge in [0.1, 0.15) is 12.6 Å². The van der Waals surface area contributed by atoms with Crippen LogP contribution in [-0.4, -0.2) is 43.8 Å². The summed E-state index contributed by atoms with van der Waals surface area (Å²) in [5, 5.41) is 4.17. The predicted octanol–water partition coefficient (Wildman–Crippen LogP) is 7.02. The monoisotopic (exact) mass is 649 g/mol. The molecule has 2 amide bonds. The minimum absolute atomic E-state index is 0.00926. The number of carbonyl (C=O) groups is 2. The maximum absolute atomic E-state index is 14.2. The number of hydrogen-bond donors (Lipinski definition) is 1. The van der Waals surface area contributed by atoms with Gasteiger partial charge in [0.15, 0.2) is 0 Å². The molecule has 1 aliphatic rings. The van der Waals surface area contributed by atoms with Gasteiger partial charge in [-0.05, 0) is 79.8 Å². The number of rotatable bonds is 11. The second-order valence-electron chi connectivity index (χ2n) is 10.4. The van der Waals surface area contributed by atoms with Gasteiger partial charge >= 0.3 is 0 Å². The van der Waals surface area contributed by atoms with Crippen molar-refractivity contribution < 1.29 is 18.0 Å². The SMILES string of the molecule is CCC(C(=O)NC1CCCC1)N(Cc1ccc(Cl)c(Cl)c1)C(=O)CN(c1ccccc1C)S(=O)(=O)c1ccc(Cl)cc1. The molecule has 0 saturated heterocycles. The number of hydrogen-bond acceptors (Lipinski definition) is 4. The summed E-state index contributed by atoms with van der Waals surface area (Å²) in [7, 11) is -4.19. The second-order valence-corrected chi connectivity index (χ2v) is 13.5. The maximum atomic E-state index is 14.2. The summed E-state index contributed by atoms with van der Waals surface area (Å²) in [6.07, 6.45) is 4.20. The number of benzene rings is 3. The standard InChI is InChI=1S/C31H34Cl3N3O4S/c1-3-28(31(39)35-24-9-5-6-10-24)36(19-22-12-17-26(33)27(34)18-22)30(38)20-37(29-11-7-4-8-21(29)2)42(40,41)25-15-13-23(32)14-16-25/h4,7-8,11-18,24,28H,3,5-6,9-10,19-20H2,1-2H3,(H,35,39). The summed E-state index contributed by atoms with van der Waals surface area (Å²) in [6.45, 7) is 3.12. The zero-order valence-electron chi connectivity index (χ0n) is 23.5.